The number of benzene rings is 2. The van der Waals surface area contributed by atoms with Gasteiger partial charge >= 0.3 is 18.2 Å². The van der Waals surface area contributed by atoms with Crippen molar-refractivity contribution in [3.8, 4) is 16.9 Å². The van der Waals surface area contributed by atoms with E-state index in [0.29, 0.717) is 59.8 Å². The largest absolute Gasteiger partial charge is 0.497 e. The molecule has 2 amide bonds. The minimum absolute atomic E-state index is 0.103. The molecule has 46 heavy (non-hydrogen) atoms. The standard InChI is InChI=1S/C32H34F4N6O4/c1-31(2,3)46-30(44)41-14-12-22(18-41)39-27-26-24(20-7-8-21(25(33)15-20)16-38-29(43)32(34,35)36)11-13-37-28(26)42(40-27)17-19-5-9-23(45-4)10-6-19/h5-11,13,15,22H,12,14,16-18H2,1-4H3,(H,38,43)(H,39,40)/t22-/m1/s1. The number of fused-ring (bicyclic) bond motifs is 1. The molecule has 0 aliphatic carbocycles. The van der Waals surface area contributed by atoms with E-state index in [0.717, 1.165) is 5.56 Å². The summed E-state index contributed by atoms with van der Waals surface area (Å²) in [4.78, 5) is 30.1. The van der Waals surface area contributed by atoms with E-state index in [-0.39, 0.29) is 11.6 Å². The molecule has 0 spiro atoms. The van der Waals surface area contributed by atoms with Gasteiger partial charge in [-0.3, -0.25) is 4.79 Å². The number of methoxy groups -OCH3 is 1. The van der Waals surface area contributed by atoms with Crippen molar-refractivity contribution in [2.24, 2.45) is 0 Å². The lowest BCUT2D eigenvalue weighted by molar-refractivity contribution is -0.173. The first-order chi connectivity index (χ1) is 21.7. The molecule has 1 fully saturated rings. The average Bonchev–Trinajstić information content (AvgIpc) is 3.60. The number of carbonyl (C=O) groups is 2. The molecule has 0 unspecified atom stereocenters. The number of pyridine rings is 1. The van der Waals surface area contributed by atoms with E-state index in [2.05, 4.69) is 10.3 Å². The van der Waals surface area contributed by atoms with Gasteiger partial charge in [0.1, 0.15) is 17.2 Å². The number of amides is 2. The fourth-order valence-corrected chi connectivity index (χ4v) is 5.15. The summed E-state index contributed by atoms with van der Waals surface area (Å²) in [6.45, 7) is 6.02. The summed E-state index contributed by atoms with van der Waals surface area (Å²) in [5, 5.41) is 10.6. The van der Waals surface area contributed by atoms with Gasteiger partial charge in [0.15, 0.2) is 11.5 Å². The molecule has 1 aliphatic rings. The maximum Gasteiger partial charge on any atom is 0.471 e. The molecule has 2 N–H and O–H groups in total. The van der Waals surface area contributed by atoms with Crippen LogP contribution in [0.4, 0.5) is 28.2 Å². The van der Waals surface area contributed by atoms with E-state index in [1.807, 2.05) is 24.3 Å². The zero-order valence-electron chi connectivity index (χ0n) is 25.7. The van der Waals surface area contributed by atoms with Gasteiger partial charge in [-0.05, 0) is 68.1 Å². The van der Waals surface area contributed by atoms with Crippen LogP contribution in [0, 0.1) is 5.82 Å². The lowest BCUT2D eigenvalue weighted by Crippen LogP contribution is -2.36. The van der Waals surface area contributed by atoms with Gasteiger partial charge in [0.05, 0.1) is 19.0 Å². The quantitative estimate of drug-likeness (QED) is 0.231. The first kappa shape index (κ1) is 32.5. The summed E-state index contributed by atoms with van der Waals surface area (Å²) >= 11 is 0. The van der Waals surface area contributed by atoms with E-state index in [1.54, 1.807) is 61.1 Å². The van der Waals surface area contributed by atoms with E-state index in [1.165, 1.54) is 12.1 Å². The summed E-state index contributed by atoms with van der Waals surface area (Å²) in [5.74, 6) is -1.75. The summed E-state index contributed by atoms with van der Waals surface area (Å²) in [5.41, 5.74) is 1.73. The number of nitrogens with one attached hydrogen (secondary N) is 2. The molecule has 0 bridgehead atoms. The minimum atomic E-state index is -5.07. The second-order valence-electron chi connectivity index (χ2n) is 12.0. The first-order valence-corrected chi connectivity index (χ1v) is 14.6. The Morgan fingerprint density at radius 3 is 2.46 bits per heavy atom. The van der Waals surface area contributed by atoms with Gasteiger partial charge in [-0.15, -0.1) is 0 Å². The van der Waals surface area contributed by atoms with Crippen LogP contribution >= 0.6 is 0 Å². The Morgan fingerprint density at radius 2 is 1.80 bits per heavy atom. The van der Waals surface area contributed by atoms with Crippen molar-refractivity contribution in [1.82, 2.24) is 25.0 Å². The topological polar surface area (TPSA) is 111 Å². The third-order valence-corrected chi connectivity index (χ3v) is 7.37. The lowest BCUT2D eigenvalue weighted by Gasteiger charge is -2.24. The molecule has 10 nitrogen and oxygen atoms in total. The maximum atomic E-state index is 15.2. The number of aromatic nitrogens is 3. The average molecular weight is 643 g/mol. The third-order valence-electron chi connectivity index (χ3n) is 7.37. The van der Waals surface area contributed by atoms with E-state index >= 15 is 4.39 Å². The van der Waals surface area contributed by atoms with Gasteiger partial charge < -0.3 is 25.0 Å². The number of hydrogen-bond donors (Lipinski definition) is 2. The number of carbonyl (C=O) groups excluding carboxylic acids is 2. The Labute approximate surface area is 262 Å². The fraction of sp³-hybridized carbons (Fsp3) is 0.375. The minimum Gasteiger partial charge on any atom is -0.497 e. The molecule has 14 heteroatoms. The zero-order chi connectivity index (χ0) is 33.2. The van der Waals surface area contributed by atoms with Crippen molar-refractivity contribution in [3.63, 3.8) is 0 Å². The molecular weight excluding hydrogens is 608 g/mol. The normalized spacial score (nSPS) is 15.2. The lowest BCUT2D eigenvalue weighted by atomic mass is 10.0. The highest BCUT2D eigenvalue weighted by molar-refractivity contribution is 6.01. The highest BCUT2D eigenvalue weighted by Crippen LogP contribution is 2.35. The van der Waals surface area contributed by atoms with Crippen LogP contribution in [0.15, 0.2) is 54.7 Å². The van der Waals surface area contributed by atoms with Crippen LogP contribution in [-0.4, -0.2) is 69.7 Å². The Hall–Kier alpha value is -4.88. The molecule has 1 aliphatic heterocycles. The number of alkyl halides is 3. The van der Waals surface area contributed by atoms with Crippen LogP contribution in [0.5, 0.6) is 5.75 Å². The molecule has 1 saturated heterocycles. The van der Waals surface area contributed by atoms with Gasteiger partial charge in [-0.1, -0.05) is 24.3 Å². The summed E-state index contributed by atoms with van der Waals surface area (Å²) in [6, 6.07) is 13.1. The fourth-order valence-electron chi connectivity index (χ4n) is 5.15. The Balaban J connectivity index is 1.48. The smallest absolute Gasteiger partial charge is 0.471 e. The molecule has 5 rings (SSSR count). The molecule has 4 aromatic rings. The molecule has 0 saturated carbocycles. The second kappa shape index (κ2) is 12.9. The Bertz CT molecular complexity index is 1730. The predicted octanol–water partition coefficient (Wildman–Crippen LogP) is 5.89. The molecule has 244 valence electrons. The summed E-state index contributed by atoms with van der Waals surface area (Å²) < 4.78 is 65.5. The number of nitrogens with zero attached hydrogens (tertiary/aromatic N) is 4. The maximum absolute atomic E-state index is 15.2. The molecule has 1 atom stereocenters. The van der Waals surface area contributed by atoms with Gasteiger partial charge in [-0.25, -0.2) is 18.9 Å². The SMILES string of the molecule is COc1ccc(Cn2nc(N[C@@H]3CCN(C(=O)OC(C)(C)C)C3)c3c(-c4ccc(CNC(=O)C(F)(F)F)c(F)c4)ccnc32)cc1. The van der Waals surface area contributed by atoms with Crippen molar-refractivity contribution in [3.05, 3.63) is 71.7 Å². The molecule has 0 radical (unpaired) electrons. The van der Waals surface area contributed by atoms with Gasteiger partial charge in [0.2, 0.25) is 0 Å². The molecule has 2 aromatic heterocycles. The van der Waals surface area contributed by atoms with Crippen molar-refractivity contribution < 1.29 is 36.6 Å². The van der Waals surface area contributed by atoms with Crippen molar-refractivity contribution in [2.75, 3.05) is 25.5 Å². The third kappa shape index (κ3) is 7.49. The summed E-state index contributed by atoms with van der Waals surface area (Å²) in [7, 11) is 1.58. The predicted molar refractivity (Wildman–Crippen MR) is 163 cm³/mol. The van der Waals surface area contributed by atoms with Crippen LogP contribution in [0.25, 0.3) is 22.2 Å². The van der Waals surface area contributed by atoms with Crippen LogP contribution in [0.2, 0.25) is 0 Å². The first-order valence-electron chi connectivity index (χ1n) is 14.6. The molecule has 3 heterocycles. The Morgan fingerprint density at radius 1 is 1.07 bits per heavy atom. The number of hydrogen-bond acceptors (Lipinski definition) is 7. The number of ether oxygens (including phenoxy) is 2. The second-order valence-corrected chi connectivity index (χ2v) is 12.0. The monoisotopic (exact) mass is 642 g/mol. The van der Waals surface area contributed by atoms with Crippen molar-refractivity contribution in [2.45, 2.75) is 58.1 Å². The van der Waals surface area contributed by atoms with E-state index in [4.69, 9.17) is 14.6 Å². The zero-order valence-corrected chi connectivity index (χ0v) is 25.7. The van der Waals surface area contributed by atoms with Crippen LogP contribution in [-0.2, 0) is 22.6 Å². The molecular formula is C32H34F4N6O4. The Kier molecular flexibility index (Phi) is 9.08. The van der Waals surface area contributed by atoms with Crippen molar-refractivity contribution >= 4 is 28.9 Å². The van der Waals surface area contributed by atoms with Gasteiger partial charge in [0, 0.05) is 37.4 Å². The highest BCUT2D eigenvalue weighted by Gasteiger charge is 2.38. The van der Waals surface area contributed by atoms with Crippen molar-refractivity contribution in [1.29, 1.82) is 0 Å². The van der Waals surface area contributed by atoms with Crippen LogP contribution in [0.1, 0.15) is 38.3 Å². The highest BCUT2D eigenvalue weighted by atomic mass is 19.4. The molecule has 2 aromatic carbocycles. The van der Waals surface area contributed by atoms with Crippen LogP contribution < -0.4 is 15.4 Å². The summed E-state index contributed by atoms with van der Waals surface area (Å²) in [6.07, 6.45) is -3.27. The number of anilines is 1. The van der Waals surface area contributed by atoms with Gasteiger partial charge in [0.25, 0.3) is 0 Å². The van der Waals surface area contributed by atoms with Crippen LogP contribution in [0.3, 0.4) is 0 Å². The number of likely N-dealkylation sites (tertiary alicyclic amines) is 1. The van der Waals surface area contributed by atoms with Gasteiger partial charge in [-0.2, -0.15) is 18.3 Å². The van der Waals surface area contributed by atoms with E-state index in [9.17, 15) is 22.8 Å². The number of rotatable bonds is 8. The van der Waals surface area contributed by atoms with E-state index < -0.39 is 36.1 Å². The number of halogens is 4.